The molecule has 0 aliphatic heterocycles. The summed E-state index contributed by atoms with van der Waals surface area (Å²) in [4.78, 5) is 0. The van der Waals surface area contributed by atoms with Crippen LogP contribution < -0.4 is 15.2 Å². The molecule has 0 unspecified atom stereocenters. The summed E-state index contributed by atoms with van der Waals surface area (Å²) in [6, 6.07) is 3.77. The lowest BCUT2D eigenvalue weighted by Crippen LogP contribution is -2.06. The van der Waals surface area contributed by atoms with Crippen molar-refractivity contribution in [3.05, 3.63) is 27.9 Å². The zero-order valence-electron chi connectivity index (χ0n) is 11.0. The molecule has 0 saturated carbocycles. The highest BCUT2D eigenvalue weighted by atomic mass is 79.9. The second-order valence-electron chi connectivity index (χ2n) is 4.02. The predicted octanol–water partition coefficient (Wildman–Crippen LogP) is 2.00. The van der Waals surface area contributed by atoms with E-state index in [9.17, 15) is 0 Å². The molecule has 0 aliphatic carbocycles. The Labute approximate surface area is 119 Å². The largest absolute Gasteiger partial charge is 0.496 e. The molecule has 19 heavy (non-hydrogen) atoms. The molecule has 6 nitrogen and oxygen atoms in total. The summed E-state index contributed by atoms with van der Waals surface area (Å²) in [5.41, 5.74) is 7.45. The summed E-state index contributed by atoms with van der Waals surface area (Å²) >= 11 is 3.43. The summed E-state index contributed by atoms with van der Waals surface area (Å²) in [6.07, 6.45) is 0. The maximum Gasteiger partial charge on any atom is 0.168 e. The van der Waals surface area contributed by atoms with Crippen molar-refractivity contribution in [2.24, 2.45) is 0 Å². The van der Waals surface area contributed by atoms with Gasteiger partial charge in [0.1, 0.15) is 11.5 Å². The van der Waals surface area contributed by atoms with Crippen LogP contribution >= 0.6 is 15.9 Å². The first-order chi connectivity index (χ1) is 9.06. The number of methoxy groups -OCH3 is 2. The lowest BCUT2D eigenvalue weighted by Gasteiger charge is -2.12. The van der Waals surface area contributed by atoms with Crippen LogP contribution in [0.25, 0.3) is 0 Å². The third kappa shape index (κ3) is 2.65. The lowest BCUT2D eigenvalue weighted by atomic mass is 10.2. The summed E-state index contributed by atoms with van der Waals surface area (Å²) in [5.74, 6) is 1.92. The fraction of sp³-hybridized carbons (Fsp3) is 0.333. The number of rotatable bonds is 4. The van der Waals surface area contributed by atoms with Gasteiger partial charge < -0.3 is 15.2 Å². The molecule has 1 heterocycles. The van der Waals surface area contributed by atoms with Gasteiger partial charge in [-0.25, -0.2) is 4.68 Å². The molecular weight excluding hydrogens is 312 g/mol. The van der Waals surface area contributed by atoms with Gasteiger partial charge in [0.05, 0.1) is 30.9 Å². The Bertz CT molecular complexity index is 598. The Hall–Kier alpha value is -1.76. The SMILES string of the molecule is COc1cc(Cn2nnc(N)c2C)c(OC)cc1Br. The molecule has 1 aromatic heterocycles. The quantitative estimate of drug-likeness (QED) is 0.930. The number of nitrogens with zero attached hydrogens (tertiary/aromatic N) is 3. The number of aromatic nitrogens is 3. The maximum absolute atomic E-state index is 5.69. The molecular formula is C12H15BrN4O2. The first-order valence-corrected chi connectivity index (χ1v) is 6.42. The zero-order chi connectivity index (χ0) is 14.0. The van der Waals surface area contributed by atoms with Gasteiger partial charge in [-0.2, -0.15) is 0 Å². The number of anilines is 1. The Morgan fingerprint density at radius 2 is 1.95 bits per heavy atom. The zero-order valence-corrected chi connectivity index (χ0v) is 12.6. The summed E-state index contributed by atoms with van der Waals surface area (Å²) in [7, 11) is 3.25. The van der Waals surface area contributed by atoms with E-state index in [1.54, 1.807) is 18.9 Å². The minimum Gasteiger partial charge on any atom is -0.496 e. The molecule has 0 bridgehead atoms. The van der Waals surface area contributed by atoms with Gasteiger partial charge in [0.25, 0.3) is 0 Å². The molecule has 7 heteroatoms. The van der Waals surface area contributed by atoms with Crippen LogP contribution in [-0.4, -0.2) is 29.2 Å². The van der Waals surface area contributed by atoms with Crippen molar-refractivity contribution in [2.45, 2.75) is 13.5 Å². The minimum absolute atomic E-state index is 0.433. The smallest absolute Gasteiger partial charge is 0.168 e. The Kier molecular flexibility index (Phi) is 3.94. The van der Waals surface area contributed by atoms with Crippen LogP contribution in [0.1, 0.15) is 11.3 Å². The van der Waals surface area contributed by atoms with E-state index in [1.165, 1.54) is 0 Å². The van der Waals surface area contributed by atoms with Crippen LogP contribution in [0.2, 0.25) is 0 Å². The maximum atomic E-state index is 5.69. The van der Waals surface area contributed by atoms with Crippen molar-refractivity contribution in [2.75, 3.05) is 20.0 Å². The van der Waals surface area contributed by atoms with Gasteiger partial charge in [0.15, 0.2) is 5.82 Å². The first kappa shape index (κ1) is 13.7. The van der Waals surface area contributed by atoms with Crippen molar-refractivity contribution in [1.29, 1.82) is 0 Å². The first-order valence-electron chi connectivity index (χ1n) is 5.62. The average Bonchev–Trinajstić information content (AvgIpc) is 2.72. The Balaban J connectivity index is 2.41. The van der Waals surface area contributed by atoms with Gasteiger partial charge in [0, 0.05) is 5.56 Å². The van der Waals surface area contributed by atoms with Gasteiger partial charge >= 0.3 is 0 Å². The van der Waals surface area contributed by atoms with E-state index in [-0.39, 0.29) is 0 Å². The van der Waals surface area contributed by atoms with Crippen molar-refractivity contribution >= 4 is 21.7 Å². The molecule has 102 valence electrons. The number of ether oxygens (including phenoxy) is 2. The molecule has 0 aliphatic rings. The summed E-state index contributed by atoms with van der Waals surface area (Å²) in [6.45, 7) is 2.39. The van der Waals surface area contributed by atoms with Gasteiger partial charge in [-0.15, -0.1) is 5.10 Å². The highest BCUT2D eigenvalue weighted by Gasteiger charge is 2.12. The van der Waals surface area contributed by atoms with Gasteiger partial charge in [-0.1, -0.05) is 5.21 Å². The Morgan fingerprint density at radius 1 is 1.26 bits per heavy atom. The van der Waals surface area contributed by atoms with Crippen molar-refractivity contribution in [1.82, 2.24) is 15.0 Å². The summed E-state index contributed by atoms with van der Waals surface area (Å²) in [5, 5.41) is 7.83. The van der Waals surface area contributed by atoms with E-state index < -0.39 is 0 Å². The summed E-state index contributed by atoms with van der Waals surface area (Å²) < 4.78 is 13.2. The van der Waals surface area contributed by atoms with Crippen LogP contribution in [-0.2, 0) is 6.54 Å². The van der Waals surface area contributed by atoms with Crippen molar-refractivity contribution in [3.8, 4) is 11.5 Å². The van der Waals surface area contributed by atoms with Crippen LogP contribution in [0, 0.1) is 6.92 Å². The fourth-order valence-electron chi connectivity index (χ4n) is 1.73. The van der Waals surface area contributed by atoms with Crippen LogP contribution in [0.15, 0.2) is 16.6 Å². The number of nitrogens with two attached hydrogens (primary N) is 1. The van der Waals surface area contributed by atoms with E-state index in [0.717, 1.165) is 27.2 Å². The minimum atomic E-state index is 0.433. The van der Waals surface area contributed by atoms with E-state index in [4.69, 9.17) is 15.2 Å². The predicted molar refractivity (Wildman–Crippen MR) is 75.5 cm³/mol. The van der Waals surface area contributed by atoms with Crippen LogP contribution in [0.3, 0.4) is 0 Å². The second kappa shape index (κ2) is 5.48. The van der Waals surface area contributed by atoms with Gasteiger partial charge in [-0.3, -0.25) is 0 Å². The van der Waals surface area contributed by atoms with E-state index in [2.05, 4.69) is 26.2 Å². The number of hydrogen-bond donors (Lipinski definition) is 1. The van der Waals surface area contributed by atoms with Crippen molar-refractivity contribution < 1.29 is 9.47 Å². The van der Waals surface area contributed by atoms with Crippen molar-refractivity contribution in [3.63, 3.8) is 0 Å². The van der Waals surface area contributed by atoms with E-state index >= 15 is 0 Å². The number of nitrogen functional groups attached to an aromatic ring is 1. The number of halogens is 1. The highest BCUT2D eigenvalue weighted by molar-refractivity contribution is 9.10. The standard InChI is InChI=1S/C12H15BrN4O2/c1-7-12(14)15-16-17(7)6-8-4-11(19-3)9(13)5-10(8)18-2/h4-5H,6,14H2,1-3H3. The average molecular weight is 327 g/mol. The lowest BCUT2D eigenvalue weighted by molar-refractivity contribution is 0.394. The molecule has 0 fully saturated rings. The molecule has 2 N–H and O–H groups in total. The third-order valence-corrected chi connectivity index (χ3v) is 3.51. The van der Waals surface area contributed by atoms with Crippen LogP contribution in [0.5, 0.6) is 11.5 Å². The Morgan fingerprint density at radius 3 is 2.47 bits per heavy atom. The number of benzene rings is 1. The second-order valence-corrected chi connectivity index (χ2v) is 4.87. The van der Waals surface area contributed by atoms with Crippen LogP contribution in [0.4, 0.5) is 5.82 Å². The molecule has 0 amide bonds. The van der Waals surface area contributed by atoms with Gasteiger partial charge in [0.2, 0.25) is 0 Å². The molecule has 0 atom stereocenters. The van der Waals surface area contributed by atoms with Gasteiger partial charge in [-0.05, 0) is 35.0 Å². The highest BCUT2D eigenvalue weighted by Crippen LogP contribution is 2.33. The molecule has 0 radical (unpaired) electrons. The monoisotopic (exact) mass is 326 g/mol. The van der Waals surface area contributed by atoms with E-state index in [1.807, 2.05) is 19.1 Å². The van der Waals surface area contributed by atoms with E-state index in [0.29, 0.717) is 12.4 Å². The normalized spacial score (nSPS) is 10.5. The molecule has 2 aromatic rings. The molecule has 0 spiro atoms. The fourth-order valence-corrected chi connectivity index (χ4v) is 2.22. The molecule has 2 rings (SSSR count). The molecule has 0 saturated heterocycles. The number of hydrogen-bond acceptors (Lipinski definition) is 5. The third-order valence-electron chi connectivity index (χ3n) is 2.89. The molecule has 1 aromatic carbocycles. The topological polar surface area (TPSA) is 75.2 Å².